The van der Waals surface area contributed by atoms with Crippen LogP contribution in [0, 0.1) is 5.82 Å². The van der Waals surface area contributed by atoms with E-state index in [1.807, 2.05) is 7.05 Å². The van der Waals surface area contributed by atoms with Crippen molar-refractivity contribution < 1.29 is 14.2 Å². The Balaban J connectivity index is 1.85. The van der Waals surface area contributed by atoms with E-state index >= 15 is 0 Å². The lowest BCUT2D eigenvalue weighted by molar-refractivity contribution is -0.172. The van der Waals surface area contributed by atoms with Crippen molar-refractivity contribution in [2.75, 3.05) is 18.6 Å². The number of hydrogen-bond donors (Lipinski definition) is 1. The molecule has 1 saturated carbocycles. The minimum Gasteiger partial charge on any atom is -0.385 e. The van der Waals surface area contributed by atoms with Crippen LogP contribution >= 0.6 is 0 Å². The molecule has 3 nitrogen and oxygen atoms in total. The first kappa shape index (κ1) is 13.8. The standard InChI is InChI=1S/C16H22FNO2/c1-18(13-8-6-12(17)7-9-13)14-4-2-5-15-16(14,19)10-3-11-20-15/h6-9,14-15,19H,2-5,10-11H2,1H3/t14-,15+,16+/m0/s1. The smallest absolute Gasteiger partial charge is 0.123 e. The summed E-state index contributed by atoms with van der Waals surface area (Å²) in [5.41, 5.74) is 0.163. The van der Waals surface area contributed by atoms with Gasteiger partial charge in [0.25, 0.3) is 0 Å². The Morgan fingerprint density at radius 2 is 2.00 bits per heavy atom. The van der Waals surface area contributed by atoms with Crippen molar-refractivity contribution in [1.29, 1.82) is 0 Å². The molecule has 1 aromatic carbocycles. The van der Waals surface area contributed by atoms with Crippen LogP contribution in [0.5, 0.6) is 0 Å². The van der Waals surface area contributed by atoms with E-state index in [1.165, 1.54) is 12.1 Å². The Labute approximate surface area is 119 Å². The minimum atomic E-state index is -0.778. The van der Waals surface area contributed by atoms with Gasteiger partial charge in [-0.05, 0) is 56.4 Å². The summed E-state index contributed by atoms with van der Waals surface area (Å²) in [6, 6.07) is 6.51. The molecule has 0 aromatic heterocycles. The van der Waals surface area contributed by atoms with Gasteiger partial charge in [-0.1, -0.05) is 0 Å². The third kappa shape index (κ3) is 2.31. The predicted octanol–water partition coefficient (Wildman–Crippen LogP) is 2.72. The maximum absolute atomic E-state index is 13.0. The number of likely N-dealkylation sites (N-methyl/N-ethyl adjacent to an activating group) is 1. The number of hydrogen-bond acceptors (Lipinski definition) is 3. The molecular formula is C16H22FNO2. The van der Waals surface area contributed by atoms with Gasteiger partial charge >= 0.3 is 0 Å². The van der Waals surface area contributed by atoms with E-state index < -0.39 is 5.60 Å². The summed E-state index contributed by atoms with van der Waals surface area (Å²) < 4.78 is 18.8. The fourth-order valence-electron chi connectivity index (χ4n) is 3.73. The lowest BCUT2D eigenvalue weighted by atomic mass is 9.73. The summed E-state index contributed by atoms with van der Waals surface area (Å²) in [5, 5.41) is 11.1. The number of nitrogens with zero attached hydrogens (tertiary/aromatic N) is 1. The largest absolute Gasteiger partial charge is 0.385 e. The molecule has 1 saturated heterocycles. The maximum atomic E-state index is 13.0. The summed E-state index contributed by atoms with van der Waals surface area (Å²) in [7, 11) is 1.98. The van der Waals surface area contributed by atoms with E-state index in [2.05, 4.69) is 4.90 Å². The number of anilines is 1. The van der Waals surface area contributed by atoms with Gasteiger partial charge in [0, 0.05) is 19.3 Å². The molecule has 2 aliphatic rings. The first-order valence-electron chi connectivity index (χ1n) is 7.43. The van der Waals surface area contributed by atoms with Crippen molar-refractivity contribution in [3.63, 3.8) is 0 Å². The Morgan fingerprint density at radius 1 is 1.25 bits per heavy atom. The zero-order valence-corrected chi connectivity index (χ0v) is 11.9. The van der Waals surface area contributed by atoms with Crippen LogP contribution in [0.15, 0.2) is 24.3 Å². The highest BCUT2D eigenvalue weighted by atomic mass is 19.1. The van der Waals surface area contributed by atoms with E-state index in [0.717, 1.165) is 44.4 Å². The molecule has 1 N–H and O–H groups in total. The molecule has 1 aliphatic heterocycles. The van der Waals surface area contributed by atoms with Crippen LogP contribution < -0.4 is 4.90 Å². The summed E-state index contributed by atoms with van der Waals surface area (Å²) in [5.74, 6) is -0.233. The number of halogens is 1. The third-order valence-corrected chi connectivity index (χ3v) is 4.82. The summed E-state index contributed by atoms with van der Waals surface area (Å²) in [4.78, 5) is 2.08. The van der Waals surface area contributed by atoms with E-state index in [-0.39, 0.29) is 18.0 Å². The van der Waals surface area contributed by atoms with Crippen molar-refractivity contribution in [3.8, 4) is 0 Å². The van der Waals surface area contributed by atoms with E-state index in [9.17, 15) is 9.50 Å². The Hall–Kier alpha value is -1.13. The third-order valence-electron chi connectivity index (χ3n) is 4.82. The molecule has 0 bridgehead atoms. The first-order valence-corrected chi connectivity index (χ1v) is 7.43. The summed E-state index contributed by atoms with van der Waals surface area (Å²) in [6.07, 6.45) is 4.57. The van der Waals surface area contributed by atoms with Crippen molar-refractivity contribution >= 4 is 5.69 Å². The normalized spacial score (nSPS) is 33.5. The molecule has 3 rings (SSSR count). The van der Waals surface area contributed by atoms with Crippen LogP contribution in [-0.4, -0.2) is 36.5 Å². The Kier molecular flexibility index (Phi) is 3.69. The molecule has 1 heterocycles. The van der Waals surface area contributed by atoms with Crippen molar-refractivity contribution in [1.82, 2.24) is 0 Å². The SMILES string of the molecule is CN(c1ccc(F)cc1)[C@H]1CCC[C@H]2OCCC[C@@]12O. The quantitative estimate of drug-likeness (QED) is 0.903. The van der Waals surface area contributed by atoms with Gasteiger partial charge < -0.3 is 14.7 Å². The second-order valence-electron chi connectivity index (χ2n) is 5.99. The van der Waals surface area contributed by atoms with Gasteiger partial charge in [0.2, 0.25) is 0 Å². The van der Waals surface area contributed by atoms with Crippen molar-refractivity contribution in [3.05, 3.63) is 30.1 Å². The second kappa shape index (κ2) is 5.34. The number of fused-ring (bicyclic) bond motifs is 1. The molecule has 3 atom stereocenters. The van der Waals surface area contributed by atoms with Gasteiger partial charge in [0.05, 0.1) is 12.1 Å². The lowest BCUT2D eigenvalue weighted by Gasteiger charge is -2.51. The predicted molar refractivity (Wildman–Crippen MR) is 76.4 cm³/mol. The van der Waals surface area contributed by atoms with Gasteiger partial charge in [0.1, 0.15) is 11.4 Å². The molecule has 20 heavy (non-hydrogen) atoms. The first-order chi connectivity index (χ1) is 9.61. The van der Waals surface area contributed by atoms with E-state index in [4.69, 9.17) is 4.74 Å². The van der Waals surface area contributed by atoms with Gasteiger partial charge in [-0.25, -0.2) is 4.39 Å². The van der Waals surface area contributed by atoms with Crippen molar-refractivity contribution in [2.24, 2.45) is 0 Å². The average molecular weight is 279 g/mol. The van der Waals surface area contributed by atoms with Gasteiger partial charge in [-0.15, -0.1) is 0 Å². The van der Waals surface area contributed by atoms with E-state index in [0.29, 0.717) is 0 Å². The fourth-order valence-corrected chi connectivity index (χ4v) is 3.73. The molecular weight excluding hydrogens is 257 g/mol. The number of rotatable bonds is 2. The molecule has 4 heteroatoms. The molecule has 1 aromatic rings. The average Bonchev–Trinajstić information content (AvgIpc) is 2.46. The minimum absolute atomic E-state index is 0.0343. The molecule has 1 aliphatic carbocycles. The van der Waals surface area contributed by atoms with Crippen LogP contribution in [0.25, 0.3) is 0 Å². The fraction of sp³-hybridized carbons (Fsp3) is 0.625. The van der Waals surface area contributed by atoms with Crippen molar-refractivity contribution in [2.45, 2.75) is 49.9 Å². The lowest BCUT2D eigenvalue weighted by Crippen LogP contribution is -2.63. The molecule has 0 radical (unpaired) electrons. The highest BCUT2D eigenvalue weighted by molar-refractivity contribution is 5.47. The number of benzene rings is 1. The van der Waals surface area contributed by atoms with E-state index in [1.54, 1.807) is 12.1 Å². The zero-order chi connectivity index (χ0) is 14.2. The number of aliphatic hydroxyl groups is 1. The van der Waals surface area contributed by atoms with Crippen LogP contribution in [0.4, 0.5) is 10.1 Å². The van der Waals surface area contributed by atoms with Crippen LogP contribution in [0.2, 0.25) is 0 Å². The Bertz CT molecular complexity index is 462. The topological polar surface area (TPSA) is 32.7 Å². The highest BCUT2D eigenvalue weighted by Gasteiger charge is 2.50. The summed E-state index contributed by atoms with van der Waals surface area (Å²) in [6.45, 7) is 0.750. The Morgan fingerprint density at radius 3 is 2.75 bits per heavy atom. The van der Waals surface area contributed by atoms with Gasteiger partial charge in [0.15, 0.2) is 0 Å². The number of ether oxygens (including phenoxy) is 1. The monoisotopic (exact) mass is 279 g/mol. The van der Waals surface area contributed by atoms with Crippen LogP contribution in [-0.2, 0) is 4.74 Å². The highest BCUT2D eigenvalue weighted by Crippen LogP contribution is 2.40. The second-order valence-corrected chi connectivity index (χ2v) is 5.99. The molecule has 0 unspecified atom stereocenters. The zero-order valence-electron chi connectivity index (χ0n) is 11.9. The molecule has 110 valence electrons. The summed E-state index contributed by atoms with van der Waals surface area (Å²) >= 11 is 0. The maximum Gasteiger partial charge on any atom is 0.123 e. The molecule has 0 amide bonds. The van der Waals surface area contributed by atoms with Crippen LogP contribution in [0.3, 0.4) is 0 Å². The van der Waals surface area contributed by atoms with Gasteiger partial charge in [-0.2, -0.15) is 0 Å². The molecule has 2 fully saturated rings. The molecule has 0 spiro atoms. The van der Waals surface area contributed by atoms with Crippen LogP contribution in [0.1, 0.15) is 32.1 Å². The van der Waals surface area contributed by atoms with Gasteiger partial charge in [-0.3, -0.25) is 0 Å².